The number of benzene rings is 1. The predicted octanol–water partition coefficient (Wildman–Crippen LogP) is 4.69. The molecule has 3 fully saturated rings. The number of likely N-dealkylation sites (N-methyl/N-ethyl adjacent to an activating group) is 2. The van der Waals surface area contributed by atoms with Gasteiger partial charge in [0, 0.05) is 88.2 Å². The van der Waals surface area contributed by atoms with Crippen LogP contribution in [0.3, 0.4) is 0 Å². The van der Waals surface area contributed by atoms with Crippen LogP contribution in [0, 0.1) is 23.7 Å². The van der Waals surface area contributed by atoms with E-state index in [1.165, 1.54) is 20.4 Å². The Morgan fingerprint density at radius 3 is 2.26 bits per heavy atom. The molecular formula is C55H89N7O12. The van der Waals surface area contributed by atoms with Gasteiger partial charge in [0.2, 0.25) is 0 Å². The normalized spacial score (nSPS) is 38.3. The van der Waals surface area contributed by atoms with Crippen molar-refractivity contribution in [3.05, 3.63) is 54.9 Å². The first-order valence-electron chi connectivity index (χ1n) is 26.9. The van der Waals surface area contributed by atoms with Crippen molar-refractivity contribution in [1.29, 1.82) is 0 Å². The van der Waals surface area contributed by atoms with Gasteiger partial charge in [-0.15, -0.1) is 5.10 Å². The number of esters is 1. The molecule has 2 aromatic heterocycles. The number of aliphatic hydroxyl groups excluding tert-OH is 3. The second-order valence-corrected chi connectivity index (χ2v) is 22.8. The van der Waals surface area contributed by atoms with Gasteiger partial charge in [-0.05, 0) is 111 Å². The molecule has 19 nitrogen and oxygen atoms in total. The average molecular weight is 1040 g/mol. The maximum Gasteiger partial charge on any atom is 0.311 e. The molecule has 0 amide bonds. The topological polar surface area (TPSA) is 237 Å². The summed E-state index contributed by atoms with van der Waals surface area (Å²) in [5.74, 6) is -1.65. The van der Waals surface area contributed by atoms with Crippen molar-refractivity contribution in [2.24, 2.45) is 23.7 Å². The lowest BCUT2D eigenvalue weighted by Crippen LogP contribution is -2.60. The maximum atomic E-state index is 14.5. The number of methoxy groups -OCH3 is 1. The third-order valence-corrected chi connectivity index (χ3v) is 16.4. The molecule has 19 heteroatoms. The van der Waals surface area contributed by atoms with Gasteiger partial charge in [0.15, 0.2) is 6.29 Å². The Morgan fingerprint density at radius 2 is 1.59 bits per heavy atom. The largest absolute Gasteiger partial charge is 0.494 e. The Balaban J connectivity index is 1.18. The van der Waals surface area contributed by atoms with Gasteiger partial charge in [-0.3, -0.25) is 9.48 Å². The second kappa shape index (κ2) is 25.6. The number of carbonyl (C=O) groups is 1. The van der Waals surface area contributed by atoms with Crippen molar-refractivity contribution in [2.75, 3.05) is 40.9 Å². The Kier molecular flexibility index (Phi) is 20.6. The number of hydrogen-bond donors (Lipinski definition) is 5. The minimum atomic E-state index is -1.82. The highest BCUT2D eigenvalue weighted by atomic mass is 16.7. The standard InChI is InChI=1S/C55H89N7O12/c1-14-45-55(10,68)49(64)37(6)61(12)30-34(3)26-53(8,67)51(35(4)48(36(5)52(66)73-45)74-46-27-54(9,69-13)50(65)38(7)71-46)72-44-25-33(2)24-43(47(44)63)60(11)22-20-41-31-62(59-58-41)21-15-23-70-42-18-16-39(17-19-42)40-28-56-32-57-29-40/h16-19,28-29,31-38,43-51,63-65,67-68H,14-15,20-27,30H2,1-13H3/t33-,34-,35+,36-,37-,38+,43+,44-,45-,46+,47-,48+,49-,50+,51-,53-,54-,55-/m1/s1. The molecule has 5 N–H and O–H groups in total. The molecule has 1 aromatic carbocycles. The van der Waals surface area contributed by atoms with Crippen LogP contribution in [-0.2, 0) is 41.4 Å². The predicted molar refractivity (Wildman–Crippen MR) is 278 cm³/mol. The van der Waals surface area contributed by atoms with Crippen molar-refractivity contribution in [3.63, 3.8) is 0 Å². The summed E-state index contributed by atoms with van der Waals surface area (Å²) in [6, 6.07) is 7.01. The quantitative estimate of drug-likeness (QED) is 0.0966. The third kappa shape index (κ3) is 14.4. The molecule has 1 saturated carbocycles. The first-order valence-corrected chi connectivity index (χ1v) is 26.9. The van der Waals surface area contributed by atoms with E-state index in [1.807, 2.05) is 74.9 Å². The lowest BCUT2D eigenvalue weighted by molar-refractivity contribution is -0.302. The van der Waals surface area contributed by atoms with Crippen molar-refractivity contribution < 1.29 is 58.7 Å². The van der Waals surface area contributed by atoms with E-state index in [4.69, 9.17) is 28.4 Å². The number of nitrogens with zero attached hydrogens (tertiary/aromatic N) is 7. The van der Waals surface area contributed by atoms with E-state index in [2.05, 4.69) is 32.1 Å². The zero-order valence-corrected chi connectivity index (χ0v) is 46.3. The van der Waals surface area contributed by atoms with E-state index in [0.717, 1.165) is 35.4 Å². The van der Waals surface area contributed by atoms with Crippen LogP contribution < -0.4 is 4.74 Å². The van der Waals surface area contributed by atoms with Crippen molar-refractivity contribution in [3.8, 4) is 16.9 Å². The molecule has 74 heavy (non-hydrogen) atoms. The Bertz CT molecular complexity index is 2190. The zero-order chi connectivity index (χ0) is 54.3. The summed E-state index contributed by atoms with van der Waals surface area (Å²) in [7, 11) is 5.38. The fourth-order valence-electron chi connectivity index (χ4n) is 11.8. The number of rotatable bonds is 16. The van der Waals surface area contributed by atoms with Crippen LogP contribution in [0.25, 0.3) is 11.1 Å². The van der Waals surface area contributed by atoms with E-state index >= 15 is 0 Å². The molecule has 6 rings (SSSR count). The fourth-order valence-corrected chi connectivity index (χ4v) is 11.8. The van der Waals surface area contributed by atoms with E-state index in [9.17, 15) is 30.3 Å². The van der Waals surface area contributed by atoms with Crippen LogP contribution in [0.2, 0.25) is 0 Å². The van der Waals surface area contributed by atoms with Gasteiger partial charge in [-0.2, -0.15) is 0 Å². The van der Waals surface area contributed by atoms with E-state index in [-0.39, 0.29) is 37.1 Å². The van der Waals surface area contributed by atoms with Crippen molar-refractivity contribution >= 4 is 5.97 Å². The molecule has 4 heterocycles. The number of ether oxygens (including phenoxy) is 6. The summed E-state index contributed by atoms with van der Waals surface area (Å²) in [6.07, 6.45) is 1.55. The SMILES string of the molecule is CC[C@H]1OC(=O)[C@H](C)[C@@H](O[C@H]2C[C@@](C)(OC)[C@@H](O)[C@H](C)O2)[C@H](C)[C@@H](O[C@@H]2C[C@H](C)C[C@H](N(C)CCc3cn(CCCOc4ccc(-c5cncnc5)cc4)nn3)[C@H]2O)[C@](C)(O)C[C@@H](C)CN(C)[C@H](C)[C@@H](O)[C@]1(C)O. The number of carbonyl (C=O) groups excluding carboxylic acids is 1. The molecule has 3 aliphatic rings. The van der Waals surface area contributed by atoms with E-state index < -0.39 is 95.8 Å². The van der Waals surface area contributed by atoms with Gasteiger partial charge in [-0.1, -0.05) is 45.0 Å². The first-order chi connectivity index (χ1) is 34.9. The number of cyclic esters (lactones) is 1. The lowest BCUT2D eigenvalue weighted by atomic mass is 9.76. The highest BCUT2D eigenvalue weighted by Gasteiger charge is 2.52. The average Bonchev–Trinajstić information content (AvgIpc) is 3.83. The highest BCUT2D eigenvalue weighted by Crippen LogP contribution is 2.41. The van der Waals surface area contributed by atoms with E-state index in [1.54, 1.807) is 47.0 Å². The zero-order valence-electron chi connectivity index (χ0n) is 46.3. The summed E-state index contributed by atoms with van der Waals surface area (Å²) in [6.45, 7) is 20.3. The fraction of sp³-hybridized carbons (Fsp3) is 0.764. The number of aliphatic hydroxyl groups is 5. The summed E-state index contributed by atoms with van der Waals surface area (Å²) < 4.78 is 40.1. The molecule has 0 radical (unpaired) electrons. The van der Waals surface area contributed by atoms with Crippen LogP contribution in [0.4, 0.5) is 0 Å². The molecule has 0 bridgehead atoms. The first kappa shape index (κ1) is 59.5. The molecule has 18 atom stereocenters. The van der Waals surface area contributed by atoms with Gasteiger partial charge in [0.1, 0.15) is 36.0 Å². The molecule has 0 unspecified atom stereocenters. The molecular weight excluding hydrogens is 951 g/mol. The summed E-state index contributed by atoms with van der Waals surface area (Å²) in [4.78, 5) is 26.8. The summed E-state index contributed by atoms with van der Waals surface area (Å²) in [5.41, 5.74) is -1.62. The van der Waals surface area contributed by atoms with Gasteiger partial charge in [-0.25, -0.2) is 9.97 Å². The highest BCUT2D eigenvalue weighted by molar-refractivity contribution is 5.73. The minimum Gasteiger partial charge on any atom is -0.494 e. The van der Waals surface area contributed by atoms with E-state index in [0.29, 0.717) is 39.1 Å². The van der Waals surface area contributed by atoms with Crippen LogP contribution in [0.1, 0.15) is 113 Å². The maximum absolute atomic E-state index is 14.5. The molecule has 3 aromatic rings. The van der Waals surface area contributed by atoms with Crippen molar-refractivity contribution in [2.45, 2.75) is 205 Å². The van der Waals surface area contributed by atoms with Gasteiger partial charge in [0.05, 0.1) is 59.9 Å². The lowest BCUT2D eigenvalue weighted by Gasteiger charge is -2.49. The Morgan fingerprint density at radius 1 is 0.905 bits per heavy atom. The number of aromatic nitrogens is 5. The smallest absolute Gasteiger partial charge is 0.311 e. The van der Waals surface area contributed by atoms with Gasteiger partial charge >= 0.3 is 5.97 Å². The van der Waals surface area contributed by atoms with Crippen LogP contribution in [0.15, 0.2) is 49.2 Å². The minimum absolute atomic E-state index is 0.128. The van der Waals surface area contributed by atoms with Crippen LogP contribution >= 0.6 is 0 Å². The Labute approximate surface area is 439 Å². The monoisotopic (exact) mass is 1040 g/mol. The summed E-state index contributed by atoms with van der Waals surface area (Å²) >= 11 is 0. The number of aryl methyl sites for hydroxylation is 1. The molecule has 2 aliphatic heterocycles. The second-order valence-electron chi connectivity index (χ2n) is 22.8. The molecule has 2 saturated heterocycles. The van der Waals surface area contributed by atoms with Crippen LogP contribution in [-0.4, -0.2) is 191 Å². The van der Waals surface area contributed by atoms with Gasteiger partial charge < -0.3 is 63.8 Å². The molecule has 0 spiro atoms. The molecule has 416 valence electrons. The van der Waals surface area contributed by atoms with Crippen LogP contribution in [0.5, 0.6) is 5.75 Å². The summed E-state index contributed by atoms with van der Waals surface area (Å²) in [5, 5.41) is 68.8. The Hall–Kier alpha value is -3.73. The van der Waals surface area contributed by atoms with Crippen molar-refractivity contribution in [1.82, 2.24) is 34.8 Å². The third-order valence-electron chi connectivity index (χ3n) is 16.4. The molecule has 1 aliphatic carbocycles. The number of hydrogen-bond acceptors (Lipinski definition) is 18. The van der Waals surface area contributed by atoms with Gasteiger partial charge in [0.25, 0.3) is 0 Å².